The Bertz CT molecular complexity index is 436. The Hall–Kier alpha value is -0.980. The van der Waals surface area contributed by atoms with E-state index in [1.165, 1.54) is 68.1 Å². The van der Waals surface area contributed by atoms with Gasteiger partial charge in [-0.25, -0.2) is 0 Å². The number of aryl methyl sites for hydroxylation is 1. The molecule has 0 saturated heterocycles. The lowest BCUT2D eigenvalue weighted by Gasteiger charge is -2.20. The minimum absolute atomic E-state index is 0.572. The lowest BCUT2D eigenvalue weighted by atomic mass is 9.87. The Morgan fingerprint density at radius 2 is 1.68 bits per heavy atom. The molecule has 0 aliphatic carbocycles. The Morgan fingerprint density at radius 1 is 0.955 bits per heavy atom. The van der Waals surface area contributed by atoms with Crippen molar-refractivity contribution in [3.8, 4) is 0 Å². The van der Waals surface area contributed by atoms with Gasteiger partial charge in [0.1, 0.15) is 0 Å². The number of hydrogen-bond acceptors (Lipinski definition) is 1. The van der Waals surface area contributed by atoms with Crippen LogP contribution in [0, 0.1) is 12.8 Å². The van der Waals surface area contributed by atoms with Crippen molar-refractivity contribution < 1.29 is 0 Å². The van der Waals surface area contributed by atoms with Gasteiger partial charge in [0.25, 0.3) is 0 Å². The third-order valence-electron chi connectivity index (χ3n) is 5.12. The molecule has 1 aromatic carbocycles. The van der Waals surface area contributed by atoms with Crippen LogP contribution in [0.4, 0.5) is 5.69 Å². The molecule has 0 aliphatic heterocycles. The van der Waals surface area contributed by atoms with E-state index in [0.717, 1.165) is 11.6 Å². The molecule has 1 aromatic rings. The molecule has 1 heteroatoms. The summed E-state index contributed by atoms with van der Waals surface area (Å²) < 4.78 is 0. The average Bonchev–Trinajstić information content (AvgIpc) is 2.50. The van der Waals surface area contributed by atoms with Crippen LogP contribution < -0.4 is 5.73 Å². The zero-order valence-corrected chi connectivity index (χ0v) is 15.5. The van der Waals surface area contributed by atoms with Gasteiger partial charge in [0, 0.05) is 5.69 Å². The van der Waals surface area contributed by atoms with E-state index in [1.54, 1.807) is 0 Å². The van der Waals surface area contributed by atoms with Crippen molar-refractivity contribution >= 4 is 5.69 Å². The predicted octanol–water partition coefficient (Wildman–Crippen LogP) is 6.63. The molecule has 1 nitrogen and oxygen atoms in total. The van der Waals surface area contributed by atoms with E-state index in [9.17, 15) is 0 Å². The fraction of sp³-hybridized carbons (Fsp3) is 0.714. The van der Waals surface area contributed by atoms with Crippen LogP contribution in [0.2, 0.25) is 0 Å². The maximum absolute atomic E-state index is 6.45. The normalized spacial score (nSPS) is 14.0. The first kappa shape index (κ1) is 19.1. The van der Waals surface area contributed by atoms with Crippen LogP contribution >= 0.6 is 0 Å². The molecule has 0 fully saturated rings. The second-order valence-corrected chi connectivity index (χ2v) is 7.18. The minimum Gasteiger partial charge on any atom is -0.398 e. The Labute approximate surface area is 138 Å². The van der Waals surface area contributed by atoms with Gasteiger partial charge >= 0.3 is 0 Å². The Morgan fingerprint density at radius 3 is 2.32 bits per heavy atom. The molecule has 0 aromatic heterocycles. The van der Waals surface area contributed by atoms with E-state index in [4.69, 9.17) is 5.73 Å². The SMILES string of the molecule is CCCCCc1ccc(C(C)CCC(C)CCC)c(N)c1C. The average molecular weight is 304 g/mol. The van der Waals surface area contributed by atoms with E-state index < -0.39 is 0 Å². The maximum atomic E-state index is 6.45. The third kappa shape index (κ3) is 5.66. The molecule has 22 heavy (non-hydrogen) atoms. The van der Waals surface area contributed by atoms with Crippen molar-refractivity contribution in [3.63, 3.8) is 0 Å². The van der Waals surface area contributed by atoms with Crippen molar-refractivity contribution in [2.24, 2.45) is 5.92 Å². The standard InChI is InChI=1S/C21H37N/c1-6-8-9-11-19-14-15-20(21(22)18(19)5)17(4)13-12-16(3)10-7-2/h14-17H,6-13,22H2,1-5H3. The minimum atomic E-state index is 0.572. The van der Waals surface area contributed by atoms with Gasteiger partial charge in [-0.2, -0.15) is 0 Å². The monoisotopic (exact) mass is 303 g/mol. The number of nitrogens with two attached hydrogens (primary N) is 1. The summed E-state index contributed by atoms with van der Waals surface area (Å²) in [4.78, 5) is 0. The Kier molecular flexibility index (Phi) is 8.60. The number of benzene rings is 1. The lowest BCUT2D eigenvalue weighted by Crippen LogP contribution is -2.06. The third-order valence-corrected chi connectivity index (χ3v) is 5.12. The first-order chi connectivity index (χ1) is 10.5. The maximum Gasteiger partial charge on any atom is 0.0381 e. The van der Waals surface area contributed by atoms with Gasteiger partial charge in [-0.15, -0.1) is 0 Å². The van der Waals surface area contributed by atoms with Crippen LogP contribution in [0.15, 0.2) is 12.1 Å². The predicted molar refractivity (Wildman–Crippen MR) is 101 cm³/mol. The molecule has 0 spiro atoms. The van der Waals surface area contributed by atoms with Crippen LogP contribution in [0.3, 0.4) is 0 Å². The number of rotatable bonds is 10. The van der Waals surface area contributed by atoms with Crippen LogP contribution in [0.1, 0.15) is 95.2 Å². The highest BCUT2D eigenvalue weighted by Gasteiger charge is 2.14. The summed E-state index contributed by atoms with van der Waals surface area (Å²) in [6.45, 7) is 11.4. The molecule has 0 radical (unpaired) electrons. The van der Waals surface area contributed by atoms with Crippen molar-refractivity contribution in [1.29, 1.82) is 0 Å². The number of anilines is 1. The van der Waals surface area contributed by atoms with Crippen molar-refractivity contribution in [3.05, 3.63) is 28.8 Å². The highest BCUT2D eigenvalue weighted by Crippen LogP contribution is 2.32. The molecule has 0 aliphatic rings. The van der Waals surface area contributed by atoms with Crippen molar-refractivity contribution in [2.45, 2.75) is 91.9 Å². The highest BCUT2D eigenvalue weighted by molar-refractivity contribution is 5.57. The van der Waals surface area contributed by atoms with Crippen LogP contribution in [-0.2, 0) is 6.42 Å². The lowest BCUT2D eigenvalue weighted by molar-refractivity contribution is 0.449. The number of nitrogen functional groups attached to an aromatic ring is 1. The van der Waals surface area contributed by atoms with Crippen LogP contribution in [0.25, 0.3) is 0 Å². The quantitative estimate of drug-likeness (QED) is 0.381. The summed E-state index contributed by atoms with van der Waals surface area (Å²) in [7, 11) is 0. The van der Waals surface area contributed by atoms with Crippen LogP contribution in [0.5, 0.6) is 0 Å². The van der Waals surface area contributed by atoms with Gasteiger partial charge in [-0.1, -0.05) is 71.9 Å². The summed E-state index contributed by atoms with van der Waals surface area (Å²) >= 11 is 0. The second kappa shape index (κ2) is 9.92. The van der Waals surface area contributed by atoms with E-state index in [1.807, 2.05) is 0 Å². The highest BCUT2D eigenvalue weighted by atomic mass is 14.6. The summed E-state index contributed by atoms with van der Waals surface area (Å²) in [5, 5.41) is 0. The summed E-state index contributed by atoms with van der Waals surface area (Å²) in [5.41, 5.74) is 11.6. The van der Waals surface area contributed by atoms with E-state index >= 15 is 0 Å². The van der Waals surface area contributed by atoms with Crippen LogP contribution in [-0.4, -0.2) is 0 Å². The second-order valence-electron chi connectivity index (χ2n) is 7.18. The molecule has 0 bridgehead atoms. The zero-order valence-electron chi connectivity index (χ0n) is 15.5. The largest absolute Gasteiger partial charge is 0.398 e. The topological polar surface area (TPSA) is 26.0 Å². The van der Waals surface area contributed by atoms with E-state index in [-0.39, 0.29) is 0 Å². The molecular weight excluding hydrogens is 266 g/mol. The fourth-order valence-corrected chi connectivity index (χ4v) is 3.39. The van der Waals surface area contributed by atoms with Gasteiger partial charge in [0.15, 0.2) is 0 Å². The molecular formula is C21H37N. The molecule has 0 saturated carbocycles. The molecule has 2 unspecified atom stereocenters. The Balaban J connectivity index is 2.68. The van der Waals surface area contributed by atoms with Crippen molar-refractivity contribution in [1.82, 2.24) is 0 Å². The molecule has 2 N–H and O–H groups in total. The van der Waals surface area contributed by atoms with Gasteiger partial charge in [-0.3, -0.25) is 0 Å². The van der Waals surface area contributed by atoms with Gasteiger partial charge in [0.05, 0.1) is 0 Å². The molecule has 0 amide bonds. The first-order valence-corrected chi connectivity index (χ1v) is 9.39. The summed E-state index contributed by atoms with van der Waals surface area (Å²) in [5.74, 6) is 1.41. The summed E-state index contributed by atoms with van der Waals surface area (Å²) in [6.07, 6.45) is 10.2. The fourth-order valence-electron chi connectivity index (χ4n) is 3.39. The van der Waals surface area contributed by atoms with Gasteiger partial charge < -0.3 is 5.73 Å². The molecule has 126 valence electrons. The number of unbranched alkanes of at least 4 members (excludes halogenated alkanes) is 2. The molecule has 1 rings (SSSR count). The van der Waals surface area contributed by atoms with Gasteiger partial charge in [0.2, 0.25) is 0 Å². The zero-order chi connectivity index (χ0) is 16.5. The molecule has 2 atom stereocenters. The number of hydrogen-bond donors (Lipinski definition) is 1. The van der Waals surface area contributed by atoms with E-state index in [2.05, 4.69) is 46.8 Å². The van der Waals surface area contributed by atoms with Gasteiger partial charge in [-0.05, 0) is 54.7 Å². The first-order valence-electron chi connectivity index (χ1n) is 9.39. The smallest absolute Gasteiger partial charge is 0.0381 e. The van der Waals surface area contributed by atoms with E-state index in [0.29, 0.717) is 5.92 Å². The van der Waals surface area contributed by atoms with Crippen molar-refractivity contribution in [2.75, 3.05) is 5.73 Å². The molecule has 0 heterocycles. The summed E-state index contributed by atoms with van der Waals surface area (Å²) in [6, 6.07) is 4.61.